The normalized spacial score (nSPS) is 9.95. The number of hydrogen-bond acceptors (Lipinski definition) is 3. The number of hydrogen-bond donors (Lipinski definition) is 1. The molecule has 3 nitrogen and oxygen atoms in total. The fourth-order valence-electron chi connectivity index (χ4n) is 1.57. The van der Waals surface area contributed by atoms with Crippen LogP contribution >= 0.6 is 23.2 Å². The smallest absolute Gasteiger partial charge is 0.142 e. The lowest BCUT2D eigenvalue weighted by molar-refractivity contribution is 0.308. The summed E-state index contributed by atoms with van der Waals surface area (Å²) in [4.78, 5) is 0. The monoisotopic (exact) mass is 292 g/mol. The maximum absolute atomic E-state index is 8.75. The molecule has 0 aromatic heterocycles. The van der Waals surface area contributed by atoms with Gasteiger partial charge in [-0.1, -0.05) is 29.3 Å². The van der Waals surface area contributed by atoms with E-state index in [-0.39, 0.29) is 6.61 Å². The topological polar surface area (TPSA) is 59.0 Å². The molecule has 0 bridgehead atoms. The van der Waals surface area contributed by atoms with Gasteiger partial charge in [-0.05, 0) is 30.3 Å². The first-order valence-electron chi connectivity index (χ1n) is 5.47. The van der Waals surface area contributed by atoms with Crippen LogP contribution in [0.1, 0.15) is 11.1 Å². The van der Waals surface area contributed by atoms with Gasteiger partial charge in [-0.25, -0.2) is 0 Å². The molecule has 0 atom stereocenters. The van der Waals surface area contributed by atoms with Gasteiger partial charge in [0.1, 0.15) is 12.4 Å². The quantitative estimate of drug-likeness (QED) is 0.869. The van der Waals surface area contributed by atoms with E-state index < -0.39 is 0 Å². The summed E-state index contributed by atoms with van der Waals surface area (Å²) < 4.78 is 5.58. The number of nitriles is 1. The minimum atomic E-state index is 0.217. The number of halogens is 2. The molecule has 0 unspecified atom stereocenters. The van der Waals surface area contributed by atoms with E-state index in [1.807, 2.05) is 6.07 Å². The first-order valence-corrected chi connectivity index (χ1v) is 6.22. The van der Waals surface area contributed by atoms with Crippen LogP contribution in [0.5, 0.6) is 5.75 Å². The van der Waals surface area contributed by atoms with Crippen LogP contribution in [0, 0.1) is 11.3 Å². The van der Waals surface area contributed by atoms with Crippen molar-refractivity contribution < 1.29 is 4.74 Å². The van der Waals surface area contributed by atoms with Gasteiger partial charge in [0.25, 0.3) is 0 Å². The summed E-state index contributed by atoms with van der Waals surface area (Å²) >= 11 is 12.1. The van der Waals surface area contributed by atoms with Gasteiger partial charge in [0, 0.05) is 15.6 Å². The van der Waals surface area contributed by atoms with Gasteiger partial charge in [-0.15, -0.1) is 0 Å². The van der Waals surface area contributed by atoms with Crippen molar-refractivity contribution in [2.45, 2.75) is 6.61 Å². The van der Waals surface area contributed by atoms with Gasteiger partial charge >= 0.3 is 0 Å². The van der Waals surface area contributed by atoms with Crippen LogP contribution in [0.25, 0.3) is 0 Å². The van der Waals surface area contributed by atoms with Crippen LogP contribution in [0.2, 0.25) is 10.0 Å². The largest absolute Gasteiger partial charge is 0.487 e. The van der Waals surface area contributed by atoms with Gasteiger partial charge in [-0.2, -0.15) is 5.26 Å². The molecule has 0 aliphatic carbocycles. The van der Waals surface area contributed by atoms with Crippen molar-refractivity contribution >= 4 is 28.9 Å². The molecule has 0 aliphatic heterocycles. The summed E-state index contributed by atoms with van der Waals surface area (Å²) in [5, 5.41) is 9.84. The lowest BCUT2D eigenvalue weighted by Crippen LogP contribution is -2.00. The van der Waals surface area contributed by atoms with Crippen LogP contribution in [-0.4, -0.2) is 0 Å². The molecule has 2 aromatic carbocycles. The summed E-state index contributed by atoms with van der Waals surface area (Å²) in [6.07, 6.45) is 0. The lowest BCUT2D eigenvalue weighted by atomic mass is 10.2. The molecule has 96 valence electrons. The number of nitrogens with zero attached hydrogens (tertiary/aromatic N) is 1. The molecular weight excluding hydrogens is 283 g/mol. The SMILES string of the molecule is N#Cc1ccc(OCc2c(Cl)cccc2Cl)c(N)c1. The van der Waals surface area contributed by atoms with E-state index >= 15 is 0 Å². The molecule has 2 N–H and O–H groups in total. The molecule has 5 heteroatoms. The third-order valence-corrected chi connectivity index (χ3v) is 3.28. The van der Waals surface area contributed by atoms with Crippen LogP contribution in [0.3, 0.4) is 0 Å². The Bertz CT molecular complexity index is 630. The van der Waals surface area contributed by atoms with Gasteiger partial charge in [-0.3, -0.25) is 0 Å². The molecule has 0 fully saturated rings. The zero-order valence-corrected chi connectivity index (χ0v) is 11.4. The molecule has 0 radical (unpaired) electrons. The second-order valence-corrected chi connectivity index (χ2v) is 4.67. The Morgan fingerprint density at radius 1 is 1.16 bits per heavy atom. The van der Waals surface area contributed by atoms with Crippen molar-refractivity contribution in [3.05, 3.63) is 57.6 Å². The third kappa shape index (κ3) is 3.11. The number of ether oxygens (including phenoxy) is 1. The van der Waals surface area contributed by atoms with Crippen molar-refractivity contribution in [1.82, 2.24) is 0 Å². The average Bonchev–Trinajstić information content (AvgIpc) is 2.39. The van der Waals surface area contributed by atoms with Crippen LogP contribution < -0.4 is 10.5 Å². The second kappa shape index (κ2) is 5.83. The summed E-state index contributed by atoms with van der Waals surface area (Å²) in [5.74, 6) is 0.495. The highest BCUT2D eigenvalue weighted by Gasteiger charge is 2.08. The molecule has 0 heterocycles. The minimum Gasteiger partial charge on any atom is -0.487 e. The number of rotatable bonds is 3. The zero-order valence-electron chi connectivity index (χ0n) is 9.86. The van der Waals surface area contributed by atoms with Crippen molar-refractivity contribution in [3.63, 3.8) is 0 Å². The van der Waals surface area contributed by atoms with E-state index in [4.69, 9.17) is 38.9 Å². The Labute approximate surface area is 121 Å². The minimum absolute atomic E-state index is 0.217. The maximum Gasteiger partial charge on any atom is 0.142 e. The summed E-state index contributed by atoms with van der Waals surface area (Å²) in [6.45, 7) is 0.217. The Kier molecular flexibility index (Phi) is 4.16. The van der Waals surface area contributed by atoms with E-state index in [1.165, 1.54) is 0 Å². The molecule has 2 aromatic rings. The van der Waals surface area contributed by atoms with Crippen molar-refractivity contribution in [3.8, 4) is 11.8 Å². The maximum atomic E-state index is 8.75. The van der Waals surface area contributed by atoms with Crippen LogP contribution in [-0.2, 0) is 6.61 Å². The fourth-order valence-corrected chi connectivity index (χ4v) is 2.08. The lowest BCUT2D eigenvalue weighted by Gasteiger charge is -2.11. The summed E-state index contributed by atoms with van der Waals surface area (Å²) in [5.41, 5.74) is 7.39. The molecular formula is C14H10Cl2N2O. The fraction of sp³-hybridized carbons (Fsp3) is 0.0714. The highest BCUT2D eigenvalue weighted by Crippen LogP contribution is 2.28. The zero-order chi connectivity index (χ0) is 13.8. The van der Waals surface area contributed by atoms with E-state index in [1.54, 1.807) is 36.4 Å². The van der Waals surface area contributed by atoms with Crippen molar-refractivity contribution in [1.29, 1.82) is 5.26 Å². The molecule has 2 rings (SSSR count). The first kappa shape index (κ1) is 13.5. The van der Waals surface area contributed by atoms with E-state index in [0.29, 0.717) is 32.6 Å². The molecule has 0 saturated carbocycles. The summed E-state index contributed by atoms with van der Waals surface area (Å²) in [7, 11) is 0. The number of nitrogens with two attached hydrogens (primary N) is 1. The highest BCUT2D eigenvalue weighted by atomic mass is 35.5. The molecule has 0 spiro atoms. The van der Waals surface area contributed by atoms with Gasteiger partial charge in [0.2, 0.25) is 0 Å². The first-order chi connectivity index (χ1) is 9.11. The van der Waals surface area contributed by atoms with E-state index in [9.17, 15) is 0 Å². The predicted octanol–water partition coefficient (Wildman–Crippen LogP) is 4.03. The molecule has 0 amide bonds. The molecule has 0 saturated heterocycles. The van der Waals surface area contributed by atoms with Gasteiger partial charge in [0.15, 0.2) is 0 Å². The van der Waals surface area contributed by atoms with Crippen molar-refractivity contribution in [2.75, 3.05) is 5.73 Å². The van der Waals surface area contributed by atoms with Crippen molar-refractivity contribution in [2.24, 2.45) is 0 Å². The Balaban J connectivity index is 2.17. The molecule has 0 aliphatic rings. The standard InChI is InChI=1S/C14H10Cl2N2O/c15-11-2-1-3-12(16)10(11)8-19-14-5-4-9(7-17)6-13(14)18/h1-6H,8,18H2. The average molecular weight is 293 g/mol. The Hall–Kier alpha value is -1.89. The third-order valence-electron chi connectivity index (χ3n) is 2.57. The molecule has 19 heavy (non-hydrogen) atoms. The van der Waals surface area contributed by atoms with Crippen LogP contribution in [0.15, 0.2) is 36.4 Å². The van der Waals surface area contributed by atoms with Crippen LogP contribution in [0.4, 0.5) is 5.69 Å². The Morgan fingerprint density at radius 2 is 1.84 bits per heavy atom. The second-order valence-electron chi connectivity index (χ2n) is 3.85. The van der Waals surface area contributed by atoms with E-state index in [0.717, 1.165) is 0 Å². The van der Waals surface area contributed by atoms with Gasteiger partial charge in [0.05, 0.1) is 17.3 Å². The Morgan fingerprint density at radius 3 is 2.42 bits per heavy atom. The highest BCUT2D eigenvalue weighted by molar-refractivity contribution is 6.35. The predicted molar refractivity (Wildman–Crippen MR) is 76.4 cm³/mol. The number of anilines is 1. The van der Waals surface area contributed by atoms with Gasteiger partial charge < -0.3 is 10.5 Å². The summed E-state index contributed by atoms with van der Waals surface area (Å²) in [6, 6.07) is 12.1. The number of nitrogen functional groups attached to an aromatic ring is 1. The van der Waals surface area contributed by atoms with E-state index in [2.05, 4.69) is 0 Å². The number of benzene rings is 2.